The second-order valence-corrected chi connectivity index (χ2v) is 6.02. The molecule has 0 unspecified atom stereocenters. The summed E-state index contributed by atoms with van der Waals surface area (Å²) in [5, 5.41) is 10.7. The molecule has 0 radical (unpaired) electrons. The van der Waals surface area contributed by atoms with E-state index in [1.54, 1.807) is 12.1 Å². The van der Waals surface area contributed by atoms with E-state index in [1.807, 2.05) is 6.07 Å². The molecule has 0 amide bonds. The molecule has 0 aliphatic heterocycles. The maximum atomic E-state index is 10.0. The van der Waals surface area contributed by atoms with Gasteiger partial charge in [0.15, 0.2) is 0 Å². The normalized spacial score (nSPS) is 14.2. The van der Waals surface area contributed by atoms with E-state index in [0.29, 0.717) is 17.4 Å². The number of hydrogen-bond acceptors (Lipinski definition) is 2. The summed E-state index contributed by atoms with van der Waals surface area (Å²) in [7, 11) is 0. The molecule has 104 valence electrons. The van der Waals surface area contributed by atoms with Crippen LogP contribution >= 0.6 is 39.9 Å². The Hall–Kier alpha value is 0.200. The second-order valence-electron chi connectivity index (χ2n) is 4.73. The molecule has 0 aromatic heterocycles. The van der Waals surface area contributed by atoms with Gasteiger partial charge < -0.3 is 10.8 Å². The molecule has 2 atom stereocenters. The monoisotopic (exact) mass is 355 g/mol. The van der Waals surface area contributed by atoms with Gasteiger partial charge in [-0.1, -0.05) is 47.4 Å². The Labute approximate surface area is 128 Å². The van der Waals surface area contributed by atoms with E-state index < -0.39 is 6.10 Å². The molecule has 1 aromatic carbocycles. The van der Waals surface area contributed by atoms with Crippen LogP contribution in [0.25, 0.3) is 0 Å². The molecule has 0 heterocycles. The third kappa shape index (κ3) is 5.45. The SMILES string of the molecule is CC(C)CC[C@@H](O)[C@@H](N)c1ccc(Cl)cc1Br.Cl. The zero-order valence-corrected chi connectivity index (χ0v) is 13.7. The lowest BCUT2D eigenvalue weighted by atomic mass is 9.96. The number of rotatable bonds is 5. The van der Waals surface area contributed by atoms with Gasteiger partial charge in [-0.15, -0.1) is 12.4 Å². The van der Waals surface area contributed by atoms with Crippen LogP contribution in [0.3, 0.4) is 0 Å². The van der Waals surface area contributed by atoms with Crippen LogP contribution in [0, 0.1) is 5.92 Å². The second kappa shape index (κ2) is 8.39. The highest BCUT2D eigenvalue weighted by Gasteiger charge is 2.19. The Morgan fingerprint density at radius 1 is 1.33 bits per heavy atom. The van der Waals surface area contributed by atoms with Gasteiger partial charge in [-0.25, -0.2) is 0 Å². The summed E-state index contributed by atoms with van der Waals surface area (Å²) in [5.74, 6) is 0.575. The summed E-state index contributed by atoms with van der Waals surface area (Å²) < 4.78 is 0.848. The van der Waals surface area contributed by atoms with E-state index in [9.17, 15) is 5.11 Å². The molecule has 0 saturated carbocycles. The smallest absolute Gasteiger partial charge is 0.0733 e. The van der Waals surface area contributed by atoms with Crippen molar-refractivity contribution in [1.29, 1.82) is 0 Å². The van der Waals surface area contributed by atoms with Gasteiger partial charge in [0, 0.05) is 9.50 Å². The minimum absolute atomic E-state index is 0. The first-order valence-corrected chi connectivity index (χ1v) is 6.97. The highest BCUT2D eigenvalue weighted by Crippen LogP contribution is 2.28. The number of hydrogen-bond donors (Lipinski definition) is 2. The largest absolute Gasteiger partial charge is 0.391 e. The Morgan fingerprint density at radius 2 is 1.94 bits per heavy atom. The van der Waals surface area contributed by atoms with Crippen molar-refractivity contribution in [3.05, 3.63) is 33.3 Å². The van der Waals surface area contributed by atoms with Gasteiger partial charge in [-0.05, 0) is 36.5 Å². The van der Waals surface area contributed by atoms with Crippen molar-refractivity contribution >= 4 is 39.9 Å². The molecule has 3 N–H and O–H groups in total. The van der Waals surface area contributed by atoms with Gasteiger partial charge in [-0.3, -0.25) is 0 Å². The number of benzene rings is 1. The lowest BCUT2D eigenvalue weighted by Gasteiger charge is -2.21. The van der Waals surface area contributed by atoms with Crippen molar-refractivity contribution in [3.63, 3.8) is 0 Å². The molecule has 1 rings (SSSR count). The number of halogens is 3. The summed E-state index contributed by atoms with van der Waals surface area (Å²) in [5.41, 5.74) is 6.95. The van der Waals surface area contributed by atoms with E-state index in [-0.39, 0.29) is 18.4 Å². The van der Waals surface area contributed by atoms with Crippen molar-refractivity contribution in [2.45, 2.75) is 38.8 Å². The lowest BCUT2D eigenvalue weighted by molar-refractivity contribution is 0.128. The summed E-state index contributed by atoms with van der Waals surface area (Å²) >= 11 is 9.29. The van der Waals surface area contributed by atoms with E-state index in [2.05, 4.69) is 29.8 Å². The zero-order chi connectivity index (χ0) is 13.0. The van der Waals surface area contributed by atoms with E-state index >= 15 is 0 Å². The molecule has 0 spiro atoms. The molecular weight excluding hydrogens is 337 g/mol. The molecule has 0 saturated heterocycles. The molecular formula is C13H20BrCl2NO. The average Bonchev–Trinajstić information content (AvgIpc) is 2.25. The minimum Gasteiger partial charge on any atom is -0.391 e. The van der Waals surface area contributed by atoms with Crippen molar-refractivity contribution in [2.24, 2.45) is 11.7 Å². The van der Waals surface area contributed by atoms with E-state index in [0.717, 1.165) is 16.5 Å². The van der Waals surface area contributed by atoms with Crippen LogP contribution in [-0.4, -0.2) is 11.2 Å². The van der Waals surface area contributed by atoms with Crippen molar-refractivity contribution in [2.75, 3.05) is 0 Å². The maximum absolute atomic E-state index is 10.0. The Kier molecular flexibility index (Phi) is 8.48. The first-order chi connectivity index (χ1) is 7.91. The van der Waals surface area contributed by atoms with E-state index in [4.69, 9.17) is 17.3 Å². The summed E-state index contributed by atoms with van der Waals surface area (Å²) in [6.45, 7) is 4.27. The fourth-order valence-corrected chi connectivity index (χ4v) is 2.61. The van der Waals surface area contributed by atoms with Gasteiger partial charge in [0.25, 0.3) is 0 Å². The van der Waals surface area contributed by atoms with Crippen LogP contribution < -0.4 is 5.73 Å². The van der Waals surface area contributed by atoms with Crippen molar-refractivity contribution < 1.29 is 5.11 Å². The van der Waals surface area contributed by atoms with Crippen molar-refractivity contribution in [1.82, 2.24) is 0 Å². The van der Waals surface area contributed by atoms with Crippen LogP contribution in [0.15, 0.2) is 22.7 Å². The first-order valence-electron chi connectivity index (χ1n) is 5.80. The third-order valence-corrected chi connectivity index (χ3v) is 3.70. The fraction of sp³-hybridized carbons (Fsp3) is 0.538. The molecule has 0 aliphatic rings. The molecule has 1 aromatic rings. The Balaban J connectivity index is 0.00000289. The van der Waals surface area contributed by atoms with Crippen LogP contribution in [-0.2, 0) is 0 Å². The molecule has 18 heavy (non-hydrogen) atoms. The standard InChI is InChI=1S/C13H19BrClNO.ClH/c1-8(2)3-6-12(17)13(16)10-5-4-9(15)7-11(10)14;/h4-5,7-8,12-13,17H,3,6,16H2,1-2H3;1H/t12-,13+;/m1./s1. The minimum atomic E-state index is -0.519. The molecule has 0 aliphatic carbocycles. The number of nitrogens with two attached hydrogens (primary N) is 1. The molecule has 2 nitrogen and oxygen atoms in total. The van der Waals surface area contributed by atoms with E-state index in [1.165, 1.54) is 0 Å². The average molecular weight is 357 g/mol. The number of aliphatic hydroxyl groups is 1. The third-order valence-electron chi connectivity index (χ3n) is 2.78. The topological polar surface area (TPSA) is 46.2 Å². The van der Waals surface area contributed by atoms with Crippen LogP contribution in [0.2, 0.25) is 5.02 Å². The maximum Gasteiger partial charge on any atom is 0.0733 e. The highest BCUT2D eigenvalue weighted by molar-refractivity contribution is 9.10. The lowest BCUT2D eigenvalue weighted by Crippen LogP contribution is -2.26. The van der Waals surface area contributed by atoms with Gasteiger partial charge in [0.05, 0.1) is 12.1 Å². The Morgan fingerprint density at radius 3 is 2.44 bits per heavy atom. The van der Waals surface area contributed by atoms with Crippen LogP contribution in [0.1, 0.15) is 38.3 Å². The molecule has 0 bridgehead atoms. The van der Waals surface area contributed by atoms with Crippen LogP contribution in [0.4, 0.5) is 0 Å². The van der Waals surface area contributed by atoms with Gasteiger partial charge in [0.1, 0.15) is 0 Å². The molecule has 5 heteroatoms. The van der Waals surface area contributed by atoms with Gasteiger partial charge in [-0.2, -0.15) is 0 Å². The summed E-state index contributed by atoms with van der Waals surface area (Å²) in [6, 6.07) is 5.07. The summed E-state index contributed by atoms with van der Waals surface area (Å²) in [6.07, 6.45) is 1.17. The van der Waals surface area contributed by atoms with Gasteiger partial charge >= 0.3 is 0 Å². The predicted molar refractivity (Wildman–Crippen MR) is 83.4 cm³/mol. The van der Waals surface area contributed by atoms with Crippen LogP contribution in [0.5, 0.6) is 0 Å². The van der Waals surface area contributed by atoms with Gasteiger partial charge in [0.2, 0.25) is 0 Å². The first kappa shape index (κ1) is 18.2. The van der Waals surface area contributed by atoms with Crippen molar-refractivity contribution in [3.8, 4) is 0 Å². The fourth-order valence-electron chi connectivity index (χ4n) is 1.66. The molecule has 0 fully saturated rings. The highest BCUT2D eigenvalue weighted by atomic mass is 79.9. The quantitative estimate of drug-likeness (QED) is 0.825. The number of aliphatic hydroxyl groups excluding tert-OH is 1. The Bertz CT molecular complexity index is 374. The summed E-state index contributed by atoms with van der Waals surface area (Å²) in [4.78, 5) is 0. The predicted octanol–water partition coefficient (Wildman–Crippen LogP) is 4.32. The zero-order valence-electron chi connectivity index (χ0n) is 10.6.